The molecule has 2 fully saturated rings. The largest absolute Gasteiger partial charge is 0.395 e. The zero-order chi connectivity index (χ0) is 12.8. The molecule has 1 aliphatic heterocycles. The van der Waals surface area contributed by atoms with E-state index in [2.05, 4.69) is 5.32 Å². The molecule has 1 heterocycles. The van der Waals surface area contributed by atoms with Crippen LogP contribution in [-0.2, 0) is 4.74 Å². The van der Waals surface area contributed by atoms with Gasteiger partial charge in [-0.3, -0.25) is 0 Å². The summed E-state index contributed by atoms with van der Waals surface area (Å²) in [5.41, 5.74) is 0. The zero-order valence-electron chi connectivity index (χ0n) is 10.9. The minimum Gasteiger partial charge on any atom is -0.395 e. The van der Waals surface area contributed by atoms with Gasteiger partial charge in [-0.2, -0.15) is 0 Å². The Morgan fingerprint density at radius 1 is 1.28 bits per heavy atom. The predicted octanol–water partition coefficient (Wildman–Crippen LogP) is 1.11. The topological polar surface area (TPSA) is 61.8 Å². The van der Waals surface area contributed by atoms with Crippen molar-refractivity contribution >= 4 is 6.03 Å². The number of aliphatic hydroxyl groups excluding tert-OH is 1. The molecule has 18 heavy (non-hydrogen) atoms. The monoisotopic (exact) mass is 256 g/mol. The van der Waals surface area contributed by atoms with Crippen molar-refractivity contribution in [2.24, 2.45) is 0 Å². The number of carbonyl (C=O) groups excluding carboxylic acids is 1. The van der Waals surface area contributed by atoms with E-state index in [9.17, 15) is 4.79 Å². The maximum Gasteiger partial charge on any atom is 0.318 e. The van der Waals surface area contributed by atoms with Gasteiger partial charge in [0.05, 0.1) is 19.3 Å². The fraction of sp³-hybridized carbons (Fsp3) is 0.923. The molecule has 5 nitrogen and oxygen atoms in total. The Balaban J connectivity index is 1.87. The predicted molar refractivity (Wildman–Crippen MR) is 68.4 cm³/mol. The second kappa shape index (κ2) is 6.95. The summed E-state index contributed by atoms with van der Waals surface area (Å²) in [6.45, 7) is 1.81. The number of nitrogens with one attached hydrogen (secondary N) is 1. The molecule has 0 aromatic heterocycles. The Kier molecular flexibility index (Phi) is 5.26. The highest BCUT2D eigenvalue weighted by Crippen LogP contribution is 2.22. The van der Waals surface area contributed by atoms with Crippen LogP contribution in [0.15, 0.2) is 0 Å². The number of hydrogen-bond donors (Lipinski definition) is 2. The number of urea groups is 1. The van der Waals surface area contributed by atoms with Crippen molar-refractivity contribution < 1.29 is 14.6 Å². The van der Waals surface area contributed by atoms with E-state index in [1.54, 1.807) is 0 Å². The summed E-state index contributed by atoms with van der Waals surface area (Å²) >= 11 is 0. The number of nitrogens with zero attached hydrogens (tertiary/aromatic N) is 1. The molecular weight excluding hydrogens is 232 g/mol. The minimum atomic E-state index is -0.0357. The standard InChI is InChI=1S/C13H24N2O3/c16-8-7-15(12-4-2-1-3-5-12)13(17)14-11-6-9-18-10-11/h11-12,16H,1-10H2,(H,14,17). The fourth-order valence-corrected chi connectivity index (χ4v) is 2.86. The van der Waals surface area contributed by atoms with Crippen LogP contribution in [-0.4, -0.2) is 54.5 Å². The Hall–Kier alpha value is -0.810. The Morgan fingerprint density at radius 2 is 2.06 bits per heavy atom. The highest BCUT2D eigenvalue weighted by atomic mass is 16.5. The normalized spacial score (nSPS) is 25.1. The van der Waals surface area contributed by atoms with Gasteiger partial charge in [0.1, 0.15) is 0 Å². The van der Waals surface area contributed by atoms with Crippen molar-refractivity contribution in [2.75, 3.05) is 26.4 Å². The summed E-state index contributed by atoms with van der Waals surface area (Å²) in [6, 6.07) is 0.405. The quantitative estimate of drug-likeness (QED) is 0.792. The van der Waals surface area contributed by atoms with E-state index >= 15 is 0 Å². The van der Waals surface area contributed by atoms with Crippen LogP contribution in [0.1, 0.15) is 38.5 Å². The molecular formula is C13H24N2O3. The number of aliphatic hydroxyl groups is 1. The third-order valence-corrected chi connectivity index (χ3v) is 3.87. The average molecular weight is 256 g/mol. The molecule has 0 radical (unpaired) electrons. The van der Waals surface area contributed by atoms with Gasteiger partial charge in [-0.15, -0.1) is 0 Å². The van der Waals surface area contributed by atoms with Gasteiger partial charge in [-0.25, -0.2) is 4.79 Å². The first-order valence-electron chi connectivity index (χ1n) is 7.07. The number of carbonyl (C=O) groups is 1. The lowest BCUT2D eigenvalue weighted by Gasteiger charge is -2.34. The van der Waals surface area contributed by atoms with Gasteiger partial charge in [0, 0.05) is 19.2 Å². The SMILES string of the molecule is O=C(NC1CCOC1)N(CCO)C1CCCCC1. The van der Waals surface area contributed by atoms with E-state index in [0.717, 1.165) is 25.9 Å². The third kappa shape index (κ3) is 3.59. The minimum absolute atomic E-state index is 0.0328. The summed E-state index contributed by atoms with van der Waals surface area (Å²) in [5, 5.41) is 12.1. The number of amides is 2. The first kappa shape index (κ1) is 13.6. The molecule has 1 aliphatic carbocycles. The van der Waals surface area contributed by atoms with Crippen LogP contribution in [0.4, 0.5) is 4.79 Å². The van der Waals surface area contributed by atoms with Gasteiger partial charge >= 0.3 is 6.03 Å². The van der Waals surface area contributed by atoms with Crippen molar-refractivity contribution in [2.45, 2.75) is 50.6 Å². The molecule has 0 bridgehead atoms. The van der Waals surface area contributed by atoms with E-state index < -0.39 is 0 Å². The van der Waals surface area contributed by atoms with E-state index in [-0.39, 0.29) is 18.7 Å². The van der Waals surface area contributed by atoms with Gasteiger partial charge in [0.25, 0.3) is 0 Å². The van der Waals surface area contributed by atoms with E-state index in [0.29, 0.717) is 19.2 Å². The van der Waals surface area contributed by atoms with Crippen molar-refractivity contribution in [1.29, 1.82) is 0 Å². The summed E-state index contributed by atoms with van der Waals surface area (Å²) in [6.07, 6.45) is 6.66. The van der Waals surface area contributed by atoms with E-state index in [4.69, 9.17) is 9.84 Å². The lowest BCUT2D eigenvalue weighted by atomic mass is 9.94. The summed E-state index contributed by atoms with van der Waals surface area (Å²) in [4.78, 5) is 14.1. The van der Waals surface area contributed by atoms with Crippen LogP contribution in [0.3, 0.4) is 0 Å². The molecule has 104 valence electrons. The third-order valence-electron chi connectivity index (χ3n) is 3.87. The summed E-state index contributed by atoms with van der Waals surface area (Å²) in [5.74, 6) is 0. The van der Waals surface area contributed by atoms with Crippen molar-refractivity contribution in [3.05, 3.63) is 0 Å². The number of hydrogen-bond acceptors (Lipinski definition) is 3. The zero-order valence-corrected chi connectivity index (χ0v) is 10.9. The smallest absolute Gasteiger partial charge is 0.318 e. The highest BCUT2D eigenvalue weighted by Gasteiger charge is 2.27. The molecule has 0 spiro atoms. The van der Waals surface area contributed by atoms with Crippen molar-refractivity contribution in [3.63, 3.8) is 0 Å². The molecule has 0 aromatic carbocycles. The Labute approximate surface area is 108 Å². The van der Waals surface area contributed by atoms with Crippen LogP contribution in [0.5, 0.6) is 0 Å². The number of rotatable bonds is 4. The molecule has 1 unspecified atom stereocenters. The van der Waals surface area contributed by atoms with Crippen molar-refractivity contribution in [1.82, 2.24) is 10.2 Å². The molecule has 2 N–H and O–H groups in total. The fourth-order valence-electron chi connectivity index (χ4n) is 2.86. The van der Waals surface area contributed by atoms with Gasteiger partial charge < -0.3 is 20.1 Å². The van der Waals surface area contributed by atoms with Gasteiger partial charge in [0.2, 0.25) is 0 Å². The van der Waals surface area contributed by atoms with Crippen LogP contribution >= 0.6 is 0 Å². The van der Waals surface area contributed by atoms with Crippen LogP contribution in [0.25, 0.3) is 0 Å². The lowest BCUT2D eigenvalue weighted by Crippen LogP contribution is -2.51. The molecule has 5 heteroatoms. The van der Waals surface area contributed by atoms with Gasteiger partial charge in [-0.1, -0.05) is 19.3 Å². The van der Waals surface area contributed by atoms with Crippen LogP contribution in [0.2, 0.25) is 0 Å². The summed E-state index contributed by atoms with van der Waals surface area (Å²) < 4.78 is 5.26. The molecule has 2 aliphatic rings. The molecule has 1 atom stereocenters. The molecule has 2 rings (SSSR count). The second-order valence-electron chi connectivity index (χ2n) is 5.22. The summed E-state index contributed by atoms with van der Waals surface area (Å²) in [7, 11) is 0. The molecule has 2 amide bonds. The Bertz CT molecular complexity index is 261. The Morgan fingerprint density at radius 3 is 2.67 bits per heavy atom. The first-order valence-corrected chi connectivity index (χ1v) is 7.07. The highest BCUT2D eigenvalue weighted by molar-refractivity contribution is 5.75. The number of ether oxygens (including phenoxy) is 1. The lowest BCUT2D eigenvalue weighted by molar-refractivity contribution is 0.130. The average Bonchev–Trinajstić information content (AvgIpc) is 2.89. The maximum atomic E-state index is 12.2. The van der Waals surface area contributed by atoms with Crippen LogP contribution < -0.4 is 5.32 Å². The second-order valence-corrected chi connectivity index (χ2v) is 5.22. The first-order chi connectivity index (χ1) is 8.81. The molecule has 1 saturated carbocycles. The molecule has 0 aromatic rings. The van der Waals surface area contributed by atoms with E-state index in [1.165, 1.54) is 19.3 Å². The van der Waals surface area contributed by atoms with Crippen molar-refractivity contribution in [3.8, 4) is 0 Å². The maximum absolute atomic E-state index is 12.2. The van der Waals surface area contributed by atoms with E-state index in [1.807, 2.05) is 4.90 Å². The van der Waals surface area contributed by atoms with Gasteiger partial charge in [0.15, 0.2) is 0 Å². The van der Waals surface area contributed by atoms with Crippen LogP contribution in [0, 0.1) is 0 Å². The van der Waals surface area contributed by atoms with Gasteiger partial charge in [-0.05, 0) is 19.3 Å². The molecule has 1 saturated heterocycles.